The predicted octanol–water partition coefficient (Wildman–Crippen LogP) is 8.96. The number of benzene rings is 6. The van der Waals surface area contributed by atoms with Gasteiger partial charge < -0.3 is 0 Å². The Bertz CT molecular complexity index is 1230. The molecule has 0 nitrogen and oxygen atoms in total. The van der Waals surface area contributed by atoms with Gasteiger partial charge in [-0.1, -0.05) is 182 Å². The Balaban J connectivity index is 0.000000171. The molecular formula is C36H30Cl3P2Ru. The van der Waals surface area contributed by atoms with Crippen molar-refractivity contribution in [3.8, 4) is 0 Å². The maximum Gasteiger partial charge on any atom is -0.0134 e. The number of halogens is 3. The van der Waals surface area contributed by atoms with E-state index < -0.39 is 28.8 Å². The molecule has 0 aliphatic heterocycles. The van der Waals surface area contributed by atoms with Gasteiger partial charge in [0.2, 0.25) is 0 Å². The average Bonchev–Trinajstić information content (AvgIpc) is 3.05. The minimum atomic E-state index is -1.75. The van der Waals surface area contributed by atoms with E-state index in [-0.39, 0.29) is 0 Å². The van der Waals surface area contributed by atoms with Gasteiger partial charge in [0.05, 0.1) is 0 Å². The number of rotatable bonds is 6. The molecule has 0 saturated heterocycles. The molecule has 0 aromatic heterocycles. The minimum Gasteiger partial charge on any atom is -0.0622 e. The largest absolute Gasteiger partial charge is 0.0622 e. The first-order valence-corrected chi connectivity index (χ1v) is 22.6. The van der Waals surface area contributed by atoms with E-state index in [0.29, 0.717) is 0 Å². The van der Waals surface area contributed by atoms with Crippen molar-refractivity contribution in [2.24, 2.45) is 0 Å². The summed E-state index contributed by atoms with van der Waals surface area (Å²) in [6.45, 7) is 0. The Morgan fingerprint density at radius 2 is 0.381 bits per heavy atom. The van der Waals surface area contributed by atoms with Crippen LogP contribution in [0.25, 0.3) is 0 Å². The summed E-state index contributed by atoms with van der Waals surface area (Å²) in [7, 11) is 14.0. The minimum absolute atomic E-state index is 0.446. The van der Waals surface area contributed by atoms with Crippen LogP contribution in [0.5, 0.6) is 0 Å². The van der Waals surface area contributed by atoms with Crippen molar-refractivity contribution in [3.63, 3.8) is 0 Å². The van der Waals surface area contributed by atoms with Gasteiger partial charge in [0.25, 0.3) is 0 Å². The summed E-state index contributed by atoms with van der Waals surface area (Å²) in [5.74, 6) is 0. The molecule has 42 heavy (non-hydrogen) atoms. The molecular weight excluding hydrogens is 702 g/mol. The van der Waals surface area contributed by atoms with Crippen LogP contribution in [0, 0.1) is 0 Å². The van der Waals surface area contributed by atoms with E-state index >= 15 is 0 Å². The maximum atomic E-state index is 4.95. The van der Waals surface area contributed by atoms with E-state index in [9.17, 15) is 0 Å². The van der Waals surface area contributed by atoms with Crippen LogP contribution in [-0.4, -0.2) is 0 Å². The van der Waals surface area contributed by atoms with Crippen molar-refractivity contribution in [2.45, 2.75) is 0 Å². The summed E-state index contributed by atoms with van der Waals surface area (Å²) in [6, 6.07) is 64.7. The quantitative estimate of drug-likeness (QED) is 0.119. The molecule has 0 fully saturated rings. The smallest absolute Gasteiger partial charge is 0.0134 e. The summed E-state index contributed by atoms with van der Waals surface area (Å²) in [5, 5.41) is 8.39. The third-order valence-electron chi connectivity index (χ3n) is 6.09. The third kappa shape index (κ3) is 10.4. The summed E-state index contributed by atoms with van der Waals surface area (Å²) in [6.07, 6.45) is 0. The van der Waals surface area contributed by atoms with Crippen LogP contribution in [0.15, 0.2) is 182 Å². The molecule has 0 atom stereocenters. The van der Waals surface area contributed by atoms with Crippen molar-refractivity contribution in [1.82, 2.24) is 0 Å². The first-order chi connectivity index (χ1) is 20.6. The molecule has 6 aromatic carbocycles. The Morgan fingerprint density at radius 1 is 0.262 bits per heavy atom. The Hall–Kier alpha value is -2.33. The van der Waals surface area contributed by atoms with E-state index in [4.69, 9.17) is 29.1 Å². The second-order valence-electron chi connectivity index (χ2n) is 8.84. The van der Waals surface area contributed by atoms with Crippen molar-refractivity contribution >= 4 is 76.7 Å². The number of hydrogen-bond acceptors (Lipinski definition) is 0. The van der Waals surface area contributed by atoms with Gasteiger partial charge in [0.1, 0.15) is 0 Å². The van der Waals surface area contributed by atoms with Gasteiger partial charge in [-0.05, 0) is 47.7 Å². The van der Waals surface area contributed by atoms with Crippen LogP contribution in [0.1, 0.15) is 0 Å². The van der Waals surface area contributed by atoms with Crippen LogP contribution in [0.3, 0.4) is 0 Å². The molecule has 6 rings (SSSR count). The zero-order valence-electron chi connectivity index (χ0n) is 22.7. The molecule has 0 N–H and O–H groups in total. The number of hydrogen-bond donors (Lipinski definition) is 0. The van der Waals surface area contributed by atoms with Crippen LogP contribution >= 0.6 is 44.9 Å². The fourth-order valence-electron chi connectivity index (χ4n) is 4.36. The molecule has 6 heteroatoms. The normalized spacial score (nSPS) is 10.6. The topological polar surface area (TPSA) is 0 Å². The Labute approximate surface area is 269 Å². The summed E-state index contributed by atoms with van der Waals surface area (Å²) < 4.78 is 0. The van der Waals surface area contributed by atoms with Crippen molar-refractivity contribution < 1.29 is 13.0 Å². The van der Waals surface area contributed by atoms with E-state index in [1.165, 1.54) is 31.8 Å². The van der Waals surface area contributed by atoms with Crippen molar-refractivity contribution in [1.29, 1.82) is 0 Å². The summed E-state index contributed by atoms with van der Waals surface area (Å²) in [5.41, 5.74) is 0. The summed E-state index contributed by atoms with van der Waals surface area (Å²) in [4.78, 5) is 0. The van der Waals surface area contributed by atoms with Crippen LogP contribution < -0.4 is 31.8 Å². The third-order valence-corrected chi connectivity index (χ3v) is 11.0. The van der Waals surface area contributed by atoms with E-state index in [2.05, 4.69) is 182 Å². The molecule has 0 spiro atoms. The van der Waals surface area contributed by atoms with Gasteiger partial charge in [-0.15, -0.1) is 0 Å². The van der Waals surface area contributed by atoms with E-state index in [1.807, 2.05) is 0 Å². The predicted molar refractivity (Wildman–Crippen MR) is 188 cm³/mol. The molecule has 0 unspecified atom stereocenters. The van der Waals surface area contributed by atoms with Gasteiger partial charge in [-0.2, -0.15) is 0 Å². The van der Waals surface area contributed by atoms with Gasteiger partial charge >= 0.3 is 42.1 Å². The van der Waals surface area contributed by atoms with Crippen LogP contribution in [0.4, 0.5) is 0 Å². The standard InChI is InChI=1S/2C18H15P.3ClH.Ru/c2*1-4-10-16(11-5-1)19(17-12-6-2-7-13-17)18-14-8-3-9-15-18;;;;/h2*1-15H;3*1H;/q;;;;;+3/p-3. The molecule has 213 valence electrons. The zero-order valence-corrected chi connectivity index (χ0v) is 28.5. The molecule has 0 radical (unpaired) electrons. The van der Waals surface area contributed by atoms with Gasteiger partial charge in [0, 0.05) is 0 Å². The van der Waals surface area contributed by atoms with Crippen molar-refractivity contribution in [3.05, 3.63) is 182 Å². The molecule has 0 bridgehead atoms. The summed E-state index contributed by atoms with van der Waals surface area (Å²) >= 11 is -1.75. The molecule has 0 amide bonds. The van der Waals surface area contributed by atoms with E-state index in [1.54, 1.807) is 0 Å². The first kappa shape index (κ1) is 32.6. The fraction of sp³-hybridized carbons (Fsp3) is 0. The Morgan fingerprint density at radius 3 is 0.500 bits per heavy atom. The molecule has 0 aliphatic rings. The molecule has 0 aliphatic carbocycles. The average molecular weight is 732 g/mol. The second kappa shape index (κ2) is 18.4. The molecule has 0 saturated carbocycles. The van der Waals surface area contributed by atoms with Gasteiger partial charge in [-0.25, -0.2) is 0 Å². The monoisotopic (exact) mass is 731 g/mol. The van der Waals surface area contributed by atoms with Gasteiger partial charge in [0.15, 0.2) is 0 Å². The molecule has 0 heterocycles. The van der Waals surface area contributed by atoms with Gasteiger partial charge in [-0.3, -0.25) is 0 Å². The second-order valence-corrected chi connectivity index (χ2v) is 21.2. The Kier molecular flexibility index (Phi) is 14.2. The maximum absolute atomic E-state index is 4.95. The SMILES string of the molecule is [Cl][Ru]([Cl])[Cl].c1ccc(P(c2ccccc2)c2ccccc2)cc1.c1ccc(P(c2ccccc2)c2ccccc2)cc1. The van der Waals surface area contributed by atoms with E-state index in [0.717, 1.165) is 0 Å². The zero-order chi connectivity index (χ0) is 29.4. The van der Waals surface area contributed by atoms with Crippen molar-refractivity contribution in [2.75, 3.05) is 0 Å². The first-order valence-electron chi connectivity index (χ1n) is 13.2. The fourth-order valence-corrected chi connectivity index (χ4v) is 8.97. The molecule has 6 aromatic rings. The van der Waals surface area contributed by atoms with Crippen LogP contribution in [0.2, 0.25) is 0 Å². The van der Waals surface area contributed by atoms with Crippen LogP contribution in [-0.2, 0) is 13.0 Å².